The molecule has 1 aromatic heterocycles. The SMILES string of the molecule is CCOC(=O)c1cccc(Br)c1-n1c(C)ccc1C. The molecular formula is C15H16BrNO2. The zero-order chi connectivity index (χ0) is 14.0. The van der Waals surface area contributed by atoms with Crippen LogP contribution in [-0.2, 0) is 4.74 Å². The average molecular weight is 322 g/mol. The van der Waals surface area contributed by atoms with Crippen LogP contribution in [0.25, 0.3) is 5.69 Å². The van der Waals surface area contributed by atoms with E-state index >= 15 is 0 Å². The third-order valence-electron chi connectivity index (χ3n) is 2.98. The molecule has 0 saturated heterocycles. The predicted octanol–water partition coefficient (Wildman–Crippen LogP) is 4.03. The summed E-state index contributed by atoms with van der Waals surface area (Å²) in [5.74, 6) is -0.300. The summed E-state index contributed by atoms with van der Waals surface area (Å²) in [5.41, 5.74) is 3.56. The number of rotatable bonds is 3. The maximum atomic E-state index is 12.1. The Bertz CT molecular complexity index is 597. The Morgan fingerprint density at radius 3 is 2.42 bits per heavy atom. The van der Waals surface area contributed by atoms with Crippen molar-refractivity contribution in [2.75, 3.05) is 6.61 Å². The van der Waals surface area contributed by atoms with Crippen molar-refractivity contribution < 1.29 is 9.53 Å². The molecule has 0 N–H and O–H groups in total. The zero-order valence-corrected chi connectivity index (χ0v) is 12.8. The van der Waals surface area contributed by atoms with E-state index in [1.165, 1.54) is 0 Å². The first-order valence-corrected chi connectivity index (χ1v) is 6.96. The second-order valence-electron chi connectivity index (χ2n) is 4.31. The van der Waals surface area contributed by atoms with Crippen LogP contribution in [0.5, 0.6) is 0 Å². The zero-order valence-electron chi connectivity index (χ0n) is 11.2. The van der Waals surface area contributed by atoms with Crippen LogP contribution in [0.15, 0.2) is 34.8 Å². The van der Waals surface area contributed by atoms with Gasteiger partial charge in [-0.15, -0.1) is 0 Å². The Kier molecular flexibility index (Phi) is 4.10. The number of carbonyl (C=O) groups excluding carboxylic acids is 1. The average Bonchev–Trinajstić information content (AvgIpc) is 2.69. The van der Waals surface area contributed by atoms with Crippen LogP contribution in [0.1, 0.15) is 28.7 Å². The van der Waals surface area contributed by atoms with E-state index in [1.54, 1.807) is 6.07 Å². The number of para-hydroxylation sites is 1. The van der Waals surface area contributed by atoms with E-state index in [0.29, 0.717) is 12.2 Å². The first-order chi connectivity index (χ1) is 9.06. The Labute approximate surface area is 121 Å². The first kappa shape index (κ1) is 13.9. The Morgan fingerprint density at radius 2 is 1.84 bits per heavy atom. The smallest absolute Gasteiger partial charge is 0.340 e. The van der Waals surface area contributed by atoms with Gasteiger partial charge in [0.15, 0.2) is 0 Å². The van der Waals surface area contributed by atoms with Crippen molar-refractivity contribution in [1.29, 1.82) is 0 Å². The minimum Gasteiger partial charge on any atom is -0.462 e. The number of ether oxygens (including phenoxy) is 1. The molecule has 3 nitrogen and oxygen atoms in total. The van der Waals surface area contributed by atoms with Crippen LogP contribution >= 0.6 is 15.9 Å². The molecule has 0 saturated carbocycles. The fraction of sp³-hybridized carbons (Fsp3) is 0.267. The highest BCUT2D eigenvalue weighted by molar-refractivity contribution is 9.10. The van der Waals surface area contributed by atoms with Crippen molar-refractivity contribution in [3.05, 3.63) is 51.8 Å². The van der Waals surface area contributed by atoms with Gasteiger partial charge in [-0.3, -0.25) is 0 Å². The van der Waals surface area contributed by atoms with E-state index in [4.69, 9.17) is 4.74 Å². The summed E-state index contributed by atoms with van der Waals surface area (Å²) >= 11 is 3.53. The maximum absolute atomic E-state index is 12.1. The summed E-state index contributed by atoms with van der Waals surface area (Å²) in [6, 6.07) is 9.62. The van der Waals surface area contributed by atoms with Gasteiger partial charge in [0.1, 0.15) is 0 Å². The van der Waals surface area contributed by atoms with Gasteiger partial charge in [-0.05, 0) is 61.0 Å². The Morgan fingerprint density at radius 1 is 1.21 bits per heavy atom. The number of hydrogen-bond donors (Lipinski definition) is 0. The van der Waals surface area contributed by atoms with E-state index in [0.717, 1.165) is 21.5 Å². The topological polar surface area (TPSA) is 31.2 Å². The minimum absolute atomic E-state index is 0.300. The van der Waals surface area contributed by atoms with Gasteiger partial charge in [-0.1, -0.05) is 6.07 Å². The number of benzene rings is 1. The van der Waals surface area contributed by atoms with Gasteiger partial charge < -0.3 is 9.30 Å². The van der Waals surface area contributed by atoms with Crippen molar-refractivity contribution >= 4 is 21.9 Å². The van der Waals surface area contributed by atoms with Crippen molar-refractivity contribution in [1.82, 2.24) is 4.57 Å². The number of aromatic nitrogens is 1. The Hall–Kier alpha value is -1.55. The molecule has 100 valence electrons. The lowest BCUT2D eigenvalue weighted by molar-refractivity contribution is 0.0526. The highest BCUT2D eigenvalue weighted by Crippen LogP contribution is 2.28. The number of nitrogens with zero attached hydrogens (tertiary/aromatic N) is 1. The van der Waals surface area contributed by atoms with Crippen LogP contribution in [0.2, 0.25) is 0 Å². The lowest BCUT2D eigenvalue weighted by atomic mass is 10.1. The second-order valence-corrected chi connectivity index (χ2v) is 5.16. The van der Waals surface area contributed by atoms with Gasteiger partial charge in [0, 0.05) is 15.9 Å². The molecule has 2 aromatic rings. The molecule has 4 heteroatoms. The molecule has 0 amide bonds. The molecule has 0 unspecified atom stereocenters. The van der Waals surface area contributed by atoms with Crippen LogP contribution in [-0.4, -0.2) is 17.1 Å². The van der Waals surface area contributed by atoms with Gasteiger partial charge in [-0.2, -0.15) is 0 Å². The summed E-state index contributed by atoms with van der Waals surface area (Å²) in [6.07, 6.45) is 0. The molecule has 1 heterocycles. The van der Waals surface area contributed by atoms with Crippen LogP contribution in [0, 0.1) is 13.8 Å². The van der Waals surface area contributed by atoms with Gasteiger partial charge in [0.25, 0.3) is 0 Å². The number of hydrogen-bond acceptors (Lipinski definition) is 2. The summed E-state index contributed by atoms with van der Waals surface area (Å²) in [4.78, 5) is 12.1. The van der Waals surface area contributed by atoms with Crippen LogP contribution in [0.4, 0.5) is 0 Å². The molecule has 2 rings (SSSR count). The summed E-state index contributed by atoms with van der Waals surface area (Å²) < 4.78 is 8.06. The highest BCUT2D eigenvalue weighted by atomic mass is 79.9. The van der Waals surface area contributed by atoms with Crippen molar-refractivity contribution in [2.45, 2.75) is 20.8 Å². The van der Waals surface area contributed by atoms with E-state index in [2.05, 4.69) is 20.5 Å². The molecular weight excluding hydrogens is 306 g/mol. The maximum Gasteiger partial charge on any atom is 0.340 e. The number of halogens is 1. The molecule has 0 aliphatic rings. The van der Waals surface area contributed by atoms with E-state index < -0.39 is 0 Å². The number of aryl methyl sites for hydroxylation is 2. The molecule has 0 atom stereocenters. The van der Waals surface area contributed by atoms with Crippen LogP contribution < -0.4 is 0 Å². The molecule has 0 aliphatic carbocycles. The molecule has 0 radical (unpaired) electrons. The molecule has 0 spiro atoms. The third-order valence-corrected chi connectivity index (χ3v) is 3.62. The summed E-state index contributed by atoms with van der Waals surface area (Å²) in [7, 11) is 0. The molecule has 0 fully saturated rings. The van der Waals surface area contributed by atoms with Gasteiger partial charge in [0.05, 0.1) is 17.9 Å². The van der Waals surface area contributed by atoms with Crippen LogP contribution in [0.3, 0.4) is 0 Å². The van der Waals surface area contributed by atoms with Crippen molar-refractivity contribution in [3.8, 4) is 5.69 Å². The fourth-order valence-corrected chi connectivity index (χ4v) is 2.68. The minimum atomic E-state index is -0.300. The molecule has 0 bridgehead atoms. The van der Waals surface area contributed by atoms with E-state index in [1.807, 2.05) is 45.0 Å². The monoisotopic (exact) mass is 321 g/mol. The lowest BCUT2D eigenvalue weighted by Gasteiger charge is -2.15. The van der Waals surface area contributed by atoms with Gasteiger partial charge in [0.2, 0.25) is 0 Å². The molecule has 19 heavy (non-hydrogen) atoms. The quantitative estimate of drug-likeness (QED) is 0.799. The van der Waals surface area contributed by atoms with Gasteiger partial charge >= 0.3 is 5.97 Å². The van der Waals surface area contributed by atoms with E-state index in [9.17, 15) is 4.79 Å². The number of esters is 1. The van der Waals surface area contributed by atoms with E-state index in [-0.39, 0.29) is 5.97 Å². The highest BCUT2D eigenvalue weighted by Gasteiger charge is 2.18. The first-order valence-electron chi connectivity index (χ1n) is 6.17. The third kappa shape index (κ3) is 2.59. The Balaban J connectivity index is 2.66. The fourth-order valence-electron chi connectivity index (χ4n) is 2.14. The largest absolute Gasteiger partial charge is 0.462 e. The molecule has 0 aliphatic heterocycles. The lowest BCUT2D eigenvalue weighted by Crippen LogP contribution is -2.11. The van der Waals surface area contributed by atoms with Crippen molar-refractivity contribution in [3.63, 3.8) is 0 Å². The normalized spacial score (nSPS) is 10.5. The van der Waals surface area contributed by atoms with Crippen molar-refractivity contribution in [2.24, 2.45) is 0 Å². The number of carbonyl (C=O) groups is 1. The second kappa shape index (κ2) is 5.61. The molecule has 1 aromatic carbocycles. The standard InChI is InChI=1S/C15H16BrNO2/c1-4-19-15(18)12-6-5-7-13(16)14(12)17-10(2)8-9-11(17)3/h5-9H,4H2,1-3H3. The predicted molar refractivity (Wildman–Crippen MR) is 78.9 cm³/mol. The van der Waals surface area contributed by atoms with Gasteiger partial charge in [-0.25, -0.2) is 4.79 Å². The summed E-state index contributed by atoms with van der Waals surface area (Å²) in [6.45, 7) is 6.21. The summed E-state index contributed by atoms with van der Waals surface area (Å²) in [5, 5.41) is 0.